The van der Waals surface area contributed by atoms with E-state index in [1.54, 1.807) is 17.9 Å². The van der Waals surface area contributed by atoms with Crippen molar-refractivity contribution in [2.45, 2.75) is 26.2 Å². The molecule has 2 atom stereocenters. The predicted molar refractivity (Wildman–Crippen MR) is 96.5 cm³/mol. The zero-order valence-electron chi connectivity index (χ0n) is 15.1. The van der Waals surface area contributed by atoms with Crippen LogP contribution in [0.1, 0.15) is 24.0 Å². The molecule has 0 bridgehead atoms. The molecular weight excluding hydrogens is 359 g/mol. The van der Waals surface area contributed by atoms with Crippen molar-refractivity contribution in [2.24, 2.45) is 17.6 Å². The highest BCUT2D eigenvalue weighted by Crippen LogP contribution is 2.28. The lowest BCUT2D eigenvalue weighted by Gasteiger charge is -2.37. The van der Waals surface area contributed by atoms with Crippen LogP contribution in [0.4, 0.5) is 4.39 Å². The van der Waals surface area contributed by atoms with Gasteiger partial charge in [0.15, 0.2) is 0 Å². The number of nitrogens with two attached hydrogens (primary N) is 1. The van der Waals surface area contributed by atoms with E-state index >= 15 is 0 Å². The molecule has 144 valence electrons. The predicted octanol–water partition coefficient (Wildman–Crippen LogP) is 1.06. The third kappa shape index (κ3) is 5.52. The summed E-state index contributed by atoms with van der Waals surface area (Å²) in [6.45, 7) is 2.53. The Labute approximate surface area is 153 Å². The van der Waals surface area contributed by atoms with Crippen molar-refractivity contribution in [1.82, 2.24) is 4.90 Å². The lowest BCUT2D eigenvalue weighted by atomic mass is 9.80. The first-order chi connectivity index (χ1) is 12.1. The topological polar surface area (TPSA) is 97.5 Å². The molecule has 0 aliphatic carbocycles. The maximum atomic E-state index is 13.3. The molecule has 0 aromatic heterocycles. The van der Waals surface area contributed by atoms with Gasteiger partial charge in [-0.15, -0.1) is 0 Å². The number of carbonyl (C=O) groups is 2. The van der Waals surface area contributed by atoms with Gasteiger partial charge in [-0.05, 0) is 48.9 Å². The summed E-state index contributed by atoms with van der Waals surface area (Å²) in [5, 5.41) is 0. The first kappa shape index (κ1) is 20.4. The van der Waals surface area contributed by atoms with Crippen LogP contribution in [0.25, 0.3) is 0 Å². The smallest absolute Gasteiger partial charge is 0.223 e. The fourth-order valence-corrected chi connectivity index (χ4v) is 3.99. The van der Waals surface area contributed by atoms with E-state index in [0.29, 0.717) is 25.9 Å². The zero-order valence-corrected chi connectivity index (χ0v) is 15.9. The van der Waals surface area contributed by atoms with Crippen molar-refractivity contribution in [3.63, 3.8) is 0 Å². The molecule has 1 aliphatic heterocycles. The summed E-state index contributed by atoms with van der Waals surface area (Å²) in [4.78, 5) is 25.7. The van der Waals surface area contributed by atoms with Crippen molar-refractivity contribution in [3.8, 4) is 0 Å². The van der Waals surface area contributed by atoms with Crippen LogP contribution in [0.3, 0.4) is 0 Å². The second kappa shape index (κ2) is 8.16. The van der Waals surface area contributed by atoms with Crippen LogP contribution in [0.2, 0.25) is 0 Å². The Balaban J connectivity index is 2.12. The van der Waals surface area contributed by atoms with Crippen LogP contribution in [0, 0.1) is 24.6 Å². The molecule has 8 heteroatoms. The molecule has 0 radical (unpaired) electrons. The molecule has 1 aromatic carbocycles. The third-order valence-corrected chi connectivity index (χ3v) is 5.87. The van der Waals surface area contributed by atoms with Gasteiger partial charge in [0.25, 0.3) is 0 Å². The molecule has 0 spiro atoms. The third-order valence-electron chi connectivity index (χ3n) is 4.93. The van der Waals surface area contributed by atoms with Gasteiger partial charge < -0.3 is 10.6 Å². The maximum absolute atomic E-state index is 13.3. The van der Waals surface area contributed by atoms with E-state index in [1.807, 2.05) is 0 Å². The fraction of sp³-hybridized carbons (Fsp3) is 0.556. The monoisotopic (exact) mass is 384 g/mol. The Hall–Kier alpha value is -1.96. The van der Waals surface area contributed by atoms with E-state index in [1.165, 1.54) is 12.1 Å². The van der Waals surface area contributed by atoms with Crippen LogP contribution in [0.15, 0.2) is 18.2 Å². The summed E-state index contributed by atoms with van der Waals surface area (Å²) in [6, 6.07) is 4.50. The SMILES string of the molecule is Cc1cc(F)ccc1CC1CN(C(=O)CCS(C)(=O)=O)CCC1C(N)=O. The molecule has 2 N–H and O–H groups in total. The Bertz CT molecular complexity index is 794. The minimum Gasteiger partial charge on any atom is -0.369 e. The van der Waals surface area contributed by atoms with Gasteiger partial charge in [-0.2, -0.15) is 0 Å². The van der Waals surface area contributed by atoms with E-state index in [0.717, 1.165) is 17.4 Å². The molecule has 2 unspecified atom stereocenters. The lowest BCUT2D eigenvalue weighted by molar-refractivity contribution is -0.136. The van der Waals surface area contributed by atoms with Gasteiger partial charge in [-0.25, -0.2) is 12.8 Å². The van der Waals surface area contributed by atoms with Crippen LogP contribution < -0.4 is 5.73 Å². The van der Waals surface area contributed by atoms with Crippen LogP contribution in [0.5, 0.6) is 0 Å². The number of amides is 2. The Kier molecular flexibility index (Phi) is 6.39. The van der Waals surface area contributed by atoms with Gasteiger partial charge in [-0.3, -0.25) is 9.59 Å². The average Bonchev–Trinajstić information content (AvgIpc) is 2.54. The number of primary amides is 1. The number of piperidine rings is 1. The molecular formula is C18H25FN2O4S. The fourth-order valence-electron chi connectivity index (χ4n) is 3.44. The molecule has 2 rings (SSSR count). The minimum atomic E-state index is -3.21. The molecule has 2 amide bonds. The highest BCUT2D eigenvalue weighted by atomic mass is 32.2. The van der Waals surface area contributed by atoms with Crippen molar-refractivity contribution in [1.29, 1.82) is 0 Å². The maximum Gasteiger partial charge on any atom is 0.223 e. The summed E-state index contributed by atoms with van der Waals surface area (Å²) in [7, 11) is -3.21. The highest BCUT2D eigenvalue weighted by Gasteiger charge is 2.35. The standard InChI is InChI=1S/C18H25FN2O4S/c1-12-9-15(19)4-3-13(12)10-14-11-21(7-5-16(14)18(20)23)17(22)6-8-26(2,24)25/h3-4,9,14,16H,5-8,10-11H2,1-2H3,(H2,20,23). The van der Waals surface area contributed by atoms with Crippen molar-refractivity contribution >= 4 is 21.7 Å². The Morgan fingerprint density at radius 1 is 1.35 bits per heavy atom. The minimum absolute atomic E-state index is 0.0671. The van der Waals surface area contributed by atoms with Crippen LogP contribution in [-0.4, -0.2) is 50.2 Å². The molecule has 1 heterocycles. The molecule has 1 aromatic rings. The largest absolute Gasteiger partial charge is 0.369 e. The van der Waals surface area contributed by atoms with E-state index in [4.69, 9.17) is 5.73 Å². The summed E-state index contributed by atoms with van der Waals surface area (Å²) >= 11 is 0. The number of aryl methyl sites for hydroxylation is 1. The molecule has 1 aliphatic rings. The van der Waals surface area contributed by atoms with Gasteiger partial charge in [0.05, 0.1) is 5.75 Å². The van der Waals surface area contributed by atoms with Crippen molar-refractivity contribution in [2.75, 3.05) is 25.1 Å². The lowest BCUT2D eigenvalue weighted by Crippen LogP contribution is -2.48. The van der Waals surface area contributed by atoms with E-state index < -0.39 is 15.7 Å². The second-order valence-electron chi connectivity index (χ2n) is 7.05. The van der Waals surface area contributed by atoms with E-state index in [9.17, 15) is 22.4 Å². The molecule has 1 saturated heterocycles. The number of sulfone groups is 1. The first-order valence-corrected chi connectivity index (χ1v) is 10.6. The van der Waals surface area contributed by atoms with Gasteiger partial charge in [-0.1, -0.05) is 6.07 Å². The van der Waals surface area contributed by atoms with Crippen LogP contribution in [-0.2, 0) is 25.8 Å². The number of halogens is 1. The number of hydrogen-bond donors (Lipinski definition) is 1. The normalized spacial score (nSPS) is 20.8. The molecule has 1 fully saturated rings. The highest BCUT2D eigenvalue weighted by molar-refractivity contribution is 7.90. The quantitative estimate of drug-likeness (QED) is 0.793. The molecule has 26 heavy (non-hydrogen) atoms. The first-order valence-electron chi connectivity index (χ1n) is 8.56. The second-order valence-corrected chi connectivity index (χ2v) is 9.31. The summed E-state index contributed by atoms with van der Waals surface area (Å²) in [5.41, 5.74) is 7.23. The molecule has 6 nitrogen and oxygen atoms in total. The number of rotatable bonds is 6. The van der Waals surface area contributed by atoms with Gasteiger partial charge in [0.2, 0.25) is 11.8 Å². The summed E-state index contributed by atoms with van der Waals surface area (Å²) in [6.07, 6.45) is 1.99. The Morgan fingerprint density at radius 3 is 2.62 bits per heavy atom. The number of benzene rings is 1. The summed E-state index contributed by atoms with van der Waals surface area (Å²) < 4.78 is 35.8. The van der Waals surface area contributed by atoms with Crippen molar-refractivity contribution in [3.05, 3.63) is 35.1 Å². The van der Waals surface area contributed by atoms with E-state index in [-0.39, 0.29) is 35.7 Å². The van der Waals surface area contributed by atoms with Crippen molar-refractivity contribution < 1.29 is 22.4 Å². The van der Waals surface area contributed by atoms with Gasteiger partial charge in [0, 0.05) is 31.7 Å². The summed E-state index contributed by atoms with van der Waals surface area (Å²) in [5.74, 6) is -1.69. The molecule has 0 saturated carbocycles. The number of likely N-dealkylation sites (tertiary alicyclic amines) is 1. The van der Waals surface area contributed by atoms with Gasteiger partial charge >= 0.3 is 0 Å². The number of nitrogens with zero attached hydrogens (tertiary/aromatic N) is 1. The van der Waals surface area contributed by atoms with Crippen LogP contribution >= 0.6 is 0 Å². The Morgan fingerprint density at radius 2 is 2.04 bits per heavy atom. The zero-order chi connectivity index (χ0) is 19.5. The average molecular weight is 384 g/mol. The number of hydrogen-bond acceptors (Lipinski definition) is 4. The number of carbonyl (C=O) groups excluding carboxylic acids is 2. The van der Waals surface area contributed by atoms with Gasteiger partial charge in [0.1, 0.15) is 15.7 Å². The van der Waals surface area contributed by atoms with E-state index in [2.05, 4.69) is 0 Å².